The predicted molar refractivity (Wildman–Crippen MR) is 77.4 cm³/mol. The maximum Gasteiger partial charge on any atom is 0.335 e. The Morgan fingerprint density at radius 2 is 1.79 bits per heavy atom. The van der Waals surface area contributed by atoms with Gasteiger partial charge in [0.2, 0.25) is 0 Å². The molecule has 0 aliphatic heterocycles. The Labute approximate surface area is 119 Å². The van der Waals surface area contributed by atoms with Crippen LogP contribution in [0.25, 0.3) is 0 Å². The summed E-state index contributed by atoms with van der Waals surface area (Å²) in [5.41, 5.74) is 1.94. The van der Waals surface area contributed by atoms with E-state index < -0.39 is 5.97 Å². The van der Waals surface area contributed by atoms with Crippen LogP contribution in [-0.4, -0.2) is 18.2 Å². The first-order valence-corrected chi connectivity index (χ1v) is 6.33. The second kappa shape index (κ2) is 5.75. The van der Waals surface area contributed by atoms with Crippen molar-refractivity contribution in [3.05, 3.63) is 52.5 Å². The van der Waals surface area contributed by atoms with E-state index in [1.54, 1.807) is 31.4 Å². The van der Waals surface area contributed by atoms with Gasteiger partial charge in [0.1, 0.15) is 5.75 Å². The molecule has 5 heteroatoms. The SMILES string of the molecule is COc1cc(Nc2ccc(C(=O)O)cc2)ccc1Br. The quantitative estimate of drug-likeness (QED) is 0.896. The molecule has 0 aromatic heterocycles. The van der Waals surface area contributed by atoms with Crippen molar-refractivity contribution in [2.24, 2.45) is 0 Å². The van der Waals surface area contributed by atoms with Crippen molar-refractivity contribution in [3.8, 4) is 5.75 Å². The van der Waals surface area contributed by atoms with E-state index in [4.69, 9.17) is 9.84 Å². The molecule has 4 nitrogen and oxygen atoms in total. The van der Waals surface area contributed by atoms with Crippen LogP contribution in [-0.2, 0) is 0 Å². The summed E-state index contributed by atoms with van der Waals surface area (Å²) in [5, 5.41) is 12.0. The Balaban J connectivity index is 2.19. The lowest BCUT2D eigenvalue weighted by Crippen LogP contribution is -1.96. The molecule has 0 spiro atoms. The largest absolute Gasteiger partial charge is 0.495 e. The third-order valence-electron chi connectivity index (χ3n) is 2.57. The second-order valence-corrected chi connectivity index (χ2v) is 4.71. The molecule has 0 aliphatic carbocycles. The summed E-state index contributed by atoms with van der Waals surface area (Å²) in [6.45, 7) is 0. The standard InChI is InChI=1S/C14H12BrNO3/c1-19-13-8-11(6-7-12(13)15)16-10-4-2-9(3-5-10)14(17)18/h2-8,16H,1H3,(H,17,18). The molecule has 98 valence electrons. The molecule has 19 heavy (non-hydrogen) atoms. The van der Waals surface area contributed by atoms with Crippen LogP contribution in [0.1, 0.15) is 10.4 Å². The summed E-state index contributed by atoms with van der Waals surface area (Å²) in [5.74, 6) is -0.205. The zero-order valence-electron chi connectivity index (χ0n) is 10.2. The molecule has 0 amide bonds. The molecule has 0 unspecified atom stereocenters. The number of ether oxygens (including phenoxy) is 1. The van der Waals surface area contributed by atoms with Crippen LogP contribution in [0.5, 0.6) is 5.75 Å². The second-order valence-electron chi connectivity index (χ2n) is 3.86. The molecule has 0 radical (unpaired) electrons. The average molecular weight is 322 g/mol. The Morgan fingerprint density at radius 3 is 2.37 bits per heavy atom. The molecule has 0 heterocycles. The highest BCUT2D eigenvalue weighted by Gasteiger charge is 2.04. The minimum Gasteiger partial charge on any atom is -0.495 e. The van der Waals surface area contributed by atoms with Gasteiger partial charge in [0, 0.05) is 17.4 Å². The lowest BCUT2D eigenvalue weighted by atomic mass is 10.2. The highest BCUT2D eigenvalue weighted by molar-refractivity contribution is 9.10. The van der Waals surface area contributed by atoms with Crippen LogP contribution >= 0.6 is 15.9 Å². The van der Waals surface area contributed by atoms with E-state index in [2.05, 4.69) is 21.2 Å². The van der Waals surface area contributed by atoms with Gasteiger partial charge in [0.25, 0.3) is 0 Å². The van der Waals surface area contributed by atoms with Crippen LogP contribution in [0, 0.1) is 0 Å². The fourth-order valence-corrected chi connectivity index (χ4v) is 2.01. The molecule has 2 aromatic carbocycles. The molecule has 2 aromatic rings. The Morgan fingerprint density at radius 1 is 1.16 bits per heavy atom. The number of rotatable bonds is 4. The summed E-state index contributed by atoms with van der Waals surface area (Å²) in [4.78, 5) is 10.7. The molecule has 0 saturated carbocycles. The maximum atomic E-state index is 10.7. The Hall–Kier alpha value is -2.01. The van der Waals surface area contributed by atoms with Crippen LogP contribution in [0.15, 0.2) is 46.9 Å². The van der Waals surface area contributed by atoms with Gasteiger partial charge in [0.05, 0.1) is 17.1 Å². The van der Waals surface area contributed by atoms with E-state index in [0.29, 0.717) is 0 Å². The minimum absolute atomic E-state index is 0.263. The normalized spacial score (nSPS) is 10.0. The van der Waals surface area contributed by atoms with Gasteiger partial charge in [-0.25, -0.2) is 4.79 Å². The third kappa shape index (κ3) is 3.26. The van der Waals surface area contributed by atoms with E-state index in [0.717, 1.165) is 21.6 Å². The fourth-order valence-electron chi connectivity index (χ4n) is 1.60. The lowest BCUT2D eigenvalue weighted by molar-refractivity contribution is 0.0697. The van der Waals surface area contributed by atoms with Crippen LogP contribution in [0.4, 0.5) is 11.4 Å². The topological polar surface area (TPSA) is 58.6 Å². The molecule has 0 aliphatic rings. The molecule has 0 saturated heterocycles. The number of benzene rings is 2. The number of methoxy groups -OCH3 is 1. The lowest BCUT2D eigenvalue weighted by Gasteiger charge is -2.09. The fraction of sp³-hybridized carbons (Fsp3) is 0.0714. The summed E-state index contributed by atoms with van der Waals surface area (Å²) in [6.07, 6.45) is 0. The van der Waals surface area contributed by atoms with Crippen molar-refractivity contribution in [1.82, 2.24) is 0 Å². The number of aromatic carboxylic acids is 1. The van der Waals surface area contributed by atoms with Crippen LogP contribution in [0.3, 0.4) is 0 Å². The van der Waals surface area contributed by atoms with Gasteiger partial charge in [0.15, 0.2) is 0 Å². The summed E-state index contributed by atoms with van der Waals surface area (Å²) in [6, 6.07) is 12.2. The first kappa shape index (κ1) is 13.4. The number of nitrogens with one attached hydrogen (secondary N) is 1. The van der Waals surface area contributed by atoms with E-state index >= 15 is 0 Å². The highest BCUT2D eigenvalue weighted by atomic mass is 79.9. The molecule has 2 N–H and O–H groups in total. The monoisotopic (exact) mass is 321 g/mol. The number of carboxylic acids is 1. The van der Waals surface area contributed by atoms with Crippen molar-refractivity contribution in [3.63, 3.8) is 0 Å². The maximum absolute atomic E-state index is 10.7. The van der Waals surface area contributed by atoms with Gasteiger partial charge in [-0.2, -0.15) is 0 Å². The number of hydrogen-bond donors (Lipinski definition) is 2. The van der Waals surface area contributed by atoms with Gasteiger partial charge in [-0.05, 0) is 52.3 Å². The van der Waals surface area contributed by atoms with Crippen LogP contribution < -0.4 is 10.1 Å². The summed E-state index contributed by atoms with van der Waals surface area (Å²) >= 11 is 3.38. The summed E-state index contributed by atoms with van der Waals surface area (Å²) in [7, 11) is 1.60. The van der Waals surface area contributed by atoms with Crippen molar-refractivity contribution in [1.29, 1.82) is 0 Å². The molecule has 0 fully saturated rings. The van der Waals surface area contributed by atoms with Crippen LogP contribution in [0.2, 0.25) is 0 Å². The highest BCUT2D eigenvalue weighted by Crippen LogP contribution is 2.29. The molecule has 2 rings (SSSR count). The van der Waals surface area contributed by atoms with E-state index in [-0.39, 0.29) is 5.56 Å². The molecule has 0 bridgehead atoms. The van der Waals surface area contributed by atoms with Gasteiger partial charge < -0.3 is 15.2 Å². The number of carboxylic acid groups (broad SMARTS) is 1. The number of carbonyl (C=O) groups is 1. The number of anilines is 2. The predicted octanol–water partition coefficient (Wildman–Crippen LogP) is 3.90. The van der Waals surface area contributed by atoms with Gasteiger partial charge in [-0.3, -0.25) is 0 Å². The number of hydrogen-bond acceptors (Lipinski definition) is 3. The van der Waals surface area contributed by atoms with Crippen molar-refractivity contribution < 1.29 is 14.6 Å². The Bertz CT molecular complexity index is 596. The smallest absolute Gasteiger partial charge is 0.335 e. The van der Waals surface area contributed by atoms with Crippen molar-refractivity contribution >= 4 is 33.3 Å². The van der Waals surface area contributed by atoms with Crippen molar-refractivity contribution in [2.75, 3.05) is 12.4 Å². The zero-order valence-corrected chi connectivity index (χ0v) is 11.8. The van der Waals surface area contributed by atoms with Gasteiger partial charge in [-0.1, -0.05) is 0 Å². The molecular formula is C14H12BrNO3. The van der Waals surface area contributed by atoms with Gasteiger partial charge in [-0.15, -0.1) is 0 Å². The van der Waals surface area contributed by atoms with Crippen molar-refractivity contribution in [2.45, 2.75) is 0 Å². The average Bonchev–Trinajstić information content (AvgIpc) is 2.41. The summed E-state index contributed by atoms with van der Waals surface area (Å²) < 4.78 is 6.09. The van der Waals surface area contributed by atoms with Gasteiger partial charge >= 0.3 is 5.97 Å². The zero-order chi connectivity index (χ0) is 13.8. The third-order valence-corrected chi connectivity index (χ3v) is 3.23. The number of halogens is 1. The molecule has 0 atom stereocenters. The first-order valence-electron chi connectivity index (χ1n) is 5.54. The first-order chi connectivity index (χ1) is 9.10. The van der Waals surface area contributed by atoms with E-state index in [1.165, 1.54) is 0 Å². The van der Waals surface area contributed by atoms with E-state index in [9.17, 15) is 4.79 Å². The molecular weight excluding hydrogens is 310 g/mol. The van der Waals surface area contributed by atoms with E-state index in [1.807, 2.05) is 18.2 Å². The Kier molecular flexibility index (Phi) is 4.06. The minimum atomic E-state index is -0.933.